The lowest BCUT2D eigenvalue weighted by Gasteiger charge is -2.18. The summed E-state index contributed by atoms with van der Waals surface area (Å²) in [7, 11) is 0. The van der Waals surface area contributed by atoms with Gasteiger partial charge in [-0.3, -0.25) is 9.48 Å². The zero-order valence-electron chi connectivity index (χ0n) is 18.5. The fraction of sp³-hybridized carbons (Fsp3) is 0.259. The molecule has 0 spiro atoms. The summed E-state index contributed by atoms with van der Waals surface area (Å²) in [5, 5.41) is 4.84. The molecular formula is C27H27N3OS. The lowest BCUT2D eigenvalue weighted by atomic mass is 10.1. The van der Waals surface area contributed by atoms with Crippen molar-refractivity contribution in [2.45, 2.75) is 33.2 Å². The number of aromatic nitrogens is 2. The largest absolute Gasteiger partial charge is 0.332 e. The van der Waals surface area contributed by atoms with Crippen molar-refractivity contribution in [1.29, 1.82) is 0 Å². The average molecular weight is 442 g/mol. The molecule has 0 N–H and O–H groups in total. The molecule has 0 fully saturated rings. The molecular weight excluding hydrogens is 414 g/mol. The van der Waals surface area contributed by atoms with E-state index in [-0.39, 0.29) is 12.5 Å². The normalized spacial score (nSPS) is 16.4. The van der Waals surface area contributed by atoms with Gasteiger partial charge >= 0.3 is 0 Å². The topological polar surface area (TPSA) is 38.1 Å². The lowest BCUT2D eigenvalue weighted by molar-refractivity contribution is -0.130. The van der Waals surface area contributed by atoms with E-state index in [0.29, 0.717) is 0 Å². The van der Waals surface area contributed by atoms with Crippen LogP contribution in [-0.2, 0) is 11.3 Å². The zero-order chi connectivity index (χ0) is 22.1. The number of rotatable bonds is 4. The Bertz CT molecular complexity index is 1210. The van der Waals surface area contributed by atoms with E-state index in [2.05, 4.69) is 44.2 Å². The second-order valence-electron chi connectivity index (χ2n) is 8.52. The smallest absolute Gasteiger partial charge is 0.244 e. The summed E-state index contributed by atoms with van der Waals surface area (Å²) in [5.74, 6) is 0.122. The minimum Gasteiger partial charge on any atom is -0.332 e. The highest BCUT2D eigenvalue weighted by Gasteiger charge is 2.28. The summed E-state index contributed by atoms with van der Waals surface area (Å²) in [6, 6.07) is 22.4. The molecule has 0 aliphatic carbocycles. The van der Waals surface area contributed by atoms with Crippen molar-refractivity contribution in [2.24, 2.45) is 0 Å². The summed E-state index contributed by atoms with van der Waals surface area (Å²) >= 11 is 1.86. The van der Waals surface area contributed by atoms with Gasteiger partial charge in [-0.1, -0.05) is 78.0 Å². The van der Waals surface area contributed by atoms with E-state index in [9.17, 15) is 4.79 Å². The van der Waals surface area contributed by atoms with Crippen molar-refractivity contribution in [2.75, 3.05) is 13.1 Å². The molecule has 2 aliphatic rings. The Morgan fingerprint density at radius 2 is 1.62 bits per heavy atom. The van der Waals surface area contributed by atoms with Crippen LogP contribution in [0.15, 0.2) is 87.7 Å². The highest BCUT2D eigenvalue weighted by molar-refractivity contribution is 8.06. The van der Waals surface area contributed by atoms with Crippen LogP contribution >= 0.6 is 11.8 Å². The van der Waals surface area contributed by atoms with E-state index in [0.717, 1.165) is 48.4 Å². The summed E-state index contributed by atoms with van der Waals surface area (Å²) in [4.78, 5) is 18.1. The second-order valence-corrected chi connectivity index (χ2v) is 9.83. The van der Waals surface area contributed by atoms with Gasteiger partial charge in [0.1, 0.15) is 6.54 Å². The fourth-order valence-corrected chi connectivity index (χ4v) is 5.48. The maximum atomic E-state index is 13.3. The van der Waals surface area contributed by atoms with Gasteiger partial charge in [-0.15, -0.1) is 0 Å². The number of carbonyl (C=O) groups is 1. The monoisotopic (exact) mass is 441 g/mol. The zero-order valence-corrected chi connectivity index (χ0v) is 19.4. The summed E-state index contributed by atoms with van der Waals surface area (Å²) in [6.07, 6.45) is 2.15. The van der Waals surface area contributed by atoms with Crippen molar-refractivity contribution in [3.8, 4) is 22.5 Å². The van der Waals surface area contributed by atoms with Gasteiger partial charge in [-0.2, -0.15) is 5.10 Å². The predicted octanol–water partition coefficient (Wildman–Crippen LogP) is 6.13. The van der Waals surface area contributed by atoms with E-state index in [1.165, 1.54) is 21.0 Å². The molecule has 0 saturated heterocycles. The van der Waals surface area contributed by atoms with Crippen LogP contribution in [0.1, 0.15) is 26.7 Å². The molecule has 162 valence electrons. The van der Waals surface area contributed by atoms with Crippen molar-refractivity contribution in [3.05, 3.63) is 87.7 Å². The summed E-state index contributed by atoms with van der Waals surface area (Å²) in [6.45, 7) is 6.13. The van der Waals surface area contributed by atoms with Gasteiger partial charge in [-0.25, -0.2) is 0 Å². The molecule has 1 aromatic heterocycles. The van der Waals surface area contributed by atoms with Crippen molar-refractivity contribution >= 4 is 17.7 Å². The van der Waals surface area contributed by atoms with Crippen LogP contribution < -0.4 is 0 Å². The Morgan fingerprint density at radius 1 is 0.938 bits per heavy atom. The number of carbonyl (C=O) groups excluding carboxylic acids is 1. The first-order valence-electron chi connectivity index (χ1n) is 11.1. The molecule has 2 aliphatic heterocycles. The van der Waals surface area contributed by atoms with Crippen molar-refractivity contribution in [3.63, 3.8) is 0 Å². The Kier molecular flexibility index (Phi) is 5.75. The highest BCUT2D eigenvalue weighted by Crippen LogP contribution is 2.40. The summed E-state index contributed by atoms with van der Waals surface area (Å²) < 4.78 is 1.87. The minimum atomic E-state index is 0.122. The molecule has 0 atom stereocenters. The average Bonchev–Trinajstić information content (AvgIpc) is 3.40. The molecule has 2 aromatic carbocycles. The molecule has 32 heavy (non-hydrogen) atoms. The Morgan fingerprint density at radius 3 is 2.34 bits per heavy atom. The summed E-state index contributed by atoms with van der Waals surface area (Å²) in [5.41, 5.74) is 6.87. The molecule has 5 rings (SSSR count). The Hall–Kier alpha value is -3.05. The Labute approximate surface area is 193 Å². The maximum Gasteiger partial charge on any atom is 0.244 e. The van der Waals surface area contributed by atoms with E-state index >= 15 is 0 Å². The first kappa shape index (κ1) is 20.8. The number of nitrogens with zero attached hydrogens (tertiary/aromatic N) is 3. The van der Waals surface area contributed by atoms with Gasteiger partial charge in [0.15, 0.2) is 0 Å². The van der Waals surface area contributed by atoms with Gasteiger partial charge < -0.3 is 4.90 Å². The number of thioether (sulfide) groups is 1. The second kappa shape index (κ2) is 8.83. The van der Waals surface area contributed by atoms with Crippen LogP contribution in [0.4, 0.5) is 0 Å². The van der Waals surface area contributed by atoms with E-state index in [1.54, 1.807) is 0 Å². The number of hydrogen-bond acceptors (Lipinski definition) is 3. The first-order valence-corrected chi connectivity index (χ1v) is 11.9. The molecule has 1 amide bonds. The van der Waals surface area contributed by atoms with Gasteiger partial charge in [0.05, 0.1) is 17.9 Å². The SMILES string of the molecule is CC1=C(C)SC2=C(CC1)CN(C(=O)Cn1nc(-c3ccccc3)cc1-c1ccccc1)C2. The van der Waals surface area contributed by atoms with Crippen LogP contribution in [0.25, 0.3) is 22.5 Å². The van der Waals surface area contributed by atoms with Crippen LogP contribution in [0.3, 0.4) is 0 Å². The molecule has 0 radical (unpaired) electrons. The third-order valence-electron chi connectivity index (χ3n) is 6.35. The van der Waals surface area contributed by atoms with Crippen molar-refractivity contribution in [1.82, 2.24) is 14.7 Å². The lowest BCUT2D eigenvalue weighted by Crippen LogP contribution is -2.33. The van der Waals surface area contributed by atoms with Crippen molar-refractivity contribution < 1.29 is 4.79 Å². The minimum absolute atomic E-state index is 0.122. The molecule has 3 aromatic rings. The molecule has 4 nitrogen and oxygen atoms in total. The predicted molar refractivity (Wildman–Crippen MR) is 132 cm³/mol. The van der Waals surface area contributed by atoms with Crippen LogP contribution in [0, 0.1) is 0 Å². The van der Waals surface area contributed by atoms with E-state index in [4.69, 9.17) is 5.10 Å². The van der Waals surface area contributed by atoms with E-state index < -0.39 is 0 Å². The number of allylic oxidation sites excluding steroid dienone is 2. The third kappa shape index (κ3) is 4.17. The maximum absolute atomic E-state index is 13.3. The third-order valence-corrected chi connectivity index (χ3v) is 7.67. The molecule has 3 heterocycles. The number of amides is 1. The first-order chi connectivity index (χ1) is 15.6. The number of hydrogen-bond donors (Lipinski definition) is 0. The van der Waals surface area contributed by atoms with Gasteiger partial charge in [-0.05, 0) is 48.8 Å². The van der Waals surface area contributed by atoms with Crippen LogP contribution in [-0.4, -0.2) is 33.7 Å². The van der Waals surface area contributed by atoms with Gasteiger partial charge in [0, 0.05) is 17.0 Å². The van der Waals surface area contributed by atoms with E-state index in [1.807, 2.05) is 57.7 Å². The number of benzene rings is 2. The highest BCUT2D eigenvalue weighted by atomic mass is 32.2. The molecule has 0 unspecified atom stereocenters. The molecule has 0 bridgehead atoms. The Balaban J connectivity index is 1.39. The van der Waals surface area contributed by atoms with Crippen LogP contribution in [0.5, 0.6) is 0 Å². The molecule has 5 heteroatoms. The molecule has 0 saturated carbocycles. The van der Waals surface area contributed by atoms with Gasteiger partial charge in [0.25, 0.3) is 0 Å². The van der Waals surface area contributed by atoms with Gasteiger partial charge in [0.2, 0.25) is 5.91 Å². The quantitative estimate of drug-likeness (QED) is 0.488. The standard InChI is InChI=1S/C27H27N3OS/c1-19-13-14-23-16-29(17-26(23)32-20(19)2)27(31)18-30-25(22-11-7-4-8-12-22)15-24(28-30)21-9-5-3-6-10-21/h3-12,15H,13-14,16-18H2,1-2H3. The fourth-order valence-electron chi connectivity index (χ4n) is 4.30. The van der Waals surface area contributed by atoms with Crippen LogP contribution in [0.2, 0.25) is 0 Å².